The maximum atomic E-state index is 12.3. The van der Waals surface area contributed by atoms with Crippen LogP contribution < -0.4 is 9.47 Å². The molecule has 0 aromatic heterocycles. The van der Waals surface area contributed by atoms with Crippen LogP contribution in [0.15, 0.2) is 48.5 Å². The molecule has 23 heavy (non-hydrogen) atoms. The third-order valence-corrected chi connectivity index (χ3v) is 3.35. The fourth-order valence-electron chi connectivity index (χ4n) is 2.08. The maximum Gasteiger partial charge on any atom is 0.342 e. The van der Waals surface area contributed by atoms with Gasteiger partial charge in [0.15, 0.2) is 6.10 Å². The Morgan fingerprint density at radius 2 is 1.57 bits per heavy atom. The number of carbonyl (C=O) groups excluding carboxylic acids is 2. The van der Waals surface area contributed by atoms with E-state index in [-0.39, 0.29) is 11.3 Å². The van der Waals surface area contributed by atoms with Crippen molar-refractivity contribution in [3.05, 3.63) is 59.7 Å². The van der Waals surface area contributed by atoms with Gasteiger partial charge in [0.25, 0.3) is 0 Å². The Labute approximate surface area is 134 Å². The first-order chi connectivity index (χ1) is 11.1. The second-order valence-electron chi connectivity index (χ2n) is 4.84. The van der Waals surface area contributed by atoms with Gasteiger partial charge in [-0.2, -0.15) is 0 Å². The SMILES string of the molecule is COc1ccc(C(=O)[C@@H](C)OC(=O)c2ccccc2OC)cc1. The molecule has 0 aliphatic heterocycles. The lowest BCUT2D eigenvalue weighted by molar-refractivity contribution is 0.0316. The number of hydrogen-bond acceptors (Lipinski definition) is 5. The molecule has 0 heterocycles. The highest BCUT2D eigenvalue weighted by molar-refractivity contribution is 6.01. The predicted molar refractivity (Wildman–Crippen MR) is 85.2 cm³/mol. The molecule has 0 aliphatic rings. The van der Waals surface area contributed by atoms with Crippen molar-refractivity contribution in [2.75, 3.05) is 14.2 Å². The largest absolute Gasteiger partial charge is 0.497 e. The van der Waals surface area contributed by atoms with Crippen LogP contribution in [0.1, 0.15) is 27.6 Å². The summed E-state index contributed by atoms with van der Waals surface area (Å²) < 4.78 is 15.4. The first kappa shape index (κ1) is 16.5. The number of esters is 1. The highest BCUT2D eigenvalue weighted by atomic mass is 16.5. The van der Waals surface area contributed by atoms with Crippen LogP contribution in [0, 0.1) is 0 Å². The molecule has 120 valence electrons. The fraction of sp³-hybridized carbons (Fsp3) is 0.222. The normalized spacial score (nSPS) is 11.4. The molecule has 0 radical (unpaired) electrons. The first-order valence-corrected chi connectivity index (χ1v) is 7.09. The van der Waals surface area contributed by atoms with Gasteiger partial charge in [0, 0.05) is 5.56 Å². The number of rotatable bonds is 6. The van der Waals surface area contributed by atoms with Crippen LogP contribution in [0.4, 0.5) is 0 Å². The topological polar surface area (TPSA) is 61.8 Å². The van der Waals surface area contributed by atoms with Crippen LogP contribution in [0.3, 0.4) is 0 Å². The number of hydrogen-bond donors (Lipinski definition) is 0. The Balaban J connectivity index is 2.09. The van der Waals surface area contributed by atoms with Crippen LogP contribution in [0.2, 0.25) is 0 Å². The van der Waals surface area contributed by atoms with Crippen LogP contribution in [-0.2, 0) is 4.74 Å². The van der Waals surface area contributed by atoms with Gasteiger partial charge in [0.05, 0.1) is 14.2 Å². The molecule has 5 nitrogen and oxygen atoms in total. The Morgan fingerprint density at radius 3 is 2.17 bits per heavy atom. The number of benzene rings is 2. The molecule has 0 aliphatic carbocycles. The number of methoxy groups -OCH3 is 2. The highest BCUT2D eigenvalue weighted by Crippen LogP contribution is 2.20. The van der Waals surface area contributed by atoms with Gasteiger partial charge in [-0.25, -0.2) is 4.79 Å². The summed E-state index contributed by atoms with van der Waals surface area (Å²) in [5.74, 6) is 0.175. The lowest BCUT2D eigenvalue weighted by atomic mass is 10.1. The molecule has 0 spiro atoms. The minimum absolute atomic E-state index is 0.282. The van der Waals surface area contributed by atoms with E-state index in [4.69, 9.17) is 14.2 Å². The second-order valence-corrected chi connectivity index (χ2v) is 4.84. The molecule has 0 amide bonds. The van der Waals surface area contributed by atoms with E-state index >= 15 is 0 Å². The molecule has 2 rings (SSSR count). The van der Waals surface area contributed by atoms with E-state index < -0.39 is 12.1 Å². The van der Waals surface area contributed by atoms with Crippen molar-refractivity contribution in [3.8, 4) is 11.5 Å². The molecule has 2 aromatic rings. The van der Waals surface area contributed by atoms with Gasteiger partial charge in [0.2, 0.25) is 5.78 Å². The van der Waals surface area contributed by atoms with Gasteiger partial charge < -0.3 is 14.2 Å². The summed E-state index contributed by atoms with van der Waals surface area (Å²) >= 11 is 0. The third kappa shape index (κ3) is 3.88. The number of para-hydroxylation sites is 1. The van der Waals surface area contributed by atoms with Crippen LogP contribution in [0.5, 0.6) is 11.5 Å². The highest BCUT2D eigenvalue weighted by Gasteiger charge is 2.22. The van der Waals surface area contributed by atoms with Crippen molar-refractivity contribution in [1.29, 1.82) is 0 Å². The predicted octanol–water partition coefficient (Wildman–Crippen LogP) is 3.13. The zero-order valence-corrected chi connectivity index (χ0v) is 13.2. The van der Waals surface area contributed by atoms with E-state index in [1.165, 1.54) is 7.11 Å². The summed E-state index contributed by atoms with van der Waals surface area (Å²) in [5, 5.41) is 0. The molecule has 0 fully saturated rings. The van der Waals surface area contributed by atoms with Gasteiger partial charge in [-0.15, -0.1) is 0 Å². The Hall–Kier alpha value is -2.82. The number of carbonyl (C=O) groups is 2. The van der Waals surface area contributed by atoms with Crippen LogP contribution in [-0.4, -0.2) is 32.1 Å². The maximum absolute atomic E-state index is 12.3. The van der Waals surface area contributed by atoms with Gasteiger partial charge in [-0.05, 0) is 43.3 Å². The van der Waals surface area contributed by atoms with Crippen molar-refractivity contribution < 1.29 is 23.8 Å². The molecule has 5 heteroatoms. The zero-order valence-electron chi connectivity index (χ0n) is 13.2. The van der Waals surface area contributed by atoms with Crippen LogP contribution >= 0.6 is 0 Å². The molecule has 0 N–H and O–H groups in total. The minimum atomic E-state index is -0.902. The molecule has 2 aromatic carbocycles. The molecular weight excluding hydrogens is 296 g/mol. The summed E-state index contributed by atoms with van der Waals surface area (Å²) in [4.78, 5) is 24.5. The van der Waals surface area contributed by atoms with E-state index in [0.717, 1.165) is 0 Å². The monoisotopic (exact) mass is 314 g/mol. The number of ketones is 1. The Morgan fingerprint density at radius 1 is 0.913 bits per heavy atom. The van der Waals surface area contributed by atoms with Crippen molar-refractivity contribution in [1.82, 2.24) is 0 Å². The lowest BCUT2D eigenvalue weighted by Crippen LogP contribution is -2.24. The quantitative estimate of drug-likeness (QED) is 0.605. The molecule has 0 saturated carbocycles. The van der Waals surface area contributed by atoms with Gasteiger partial charge in [-0.3, -0.25) is 4.79 Å². The summed E-state index contributed by atoms with van der Waals surface area (Å²) in [6.07, 6.45) is -0.902. The van der Waals surface area contributed by atoms with Crippen molar-refractivity contribution in [3.63, 3.8) is 0 Å². The van der Waals surface area contributed by atoms with Crippen molar-refractivity contribution >= 4 is 11.8 Å². The number of Topliss-reactive ketones (excluding diaryl/α,β-unsaturated/α-hetero) is 1. The summed E-state index contributed by atoms with van der Waals surface area (Å²) in [6, 6.07) is 13.3. The minimum Gasteiger partial charge on any atom is -0.497 e. The zero-order chi connectivity index (χ0) is 16.8. The van der Waals surface area contributed by atoms with Crippen molar-refractivity contribution in [2.45, 2.75) is 13.0 Å². The fourth-order valence-corrected chi connectivity index (χ4v) is 2.08. The molecule has 0 bridgehead atoms. The summed E-state index contributed by atoms with van der Waals surface area (Å²) in [7, 11) is 3.02. The second kappa shape index (κ2) is 7.45. The first-order valence-electron chi connectivity index (χ1n) is 7.09. The average molecular weight is 314 g/mol. The average Bonchev–Trinajstić information content (AvgIpc) is 2.60. The standard InChI is InChI=1S/C18H18O5/c1-12(17(19)13-8-10-14(21-2)11-9-13)23-18(20)15-6-4-5-7-16(15)22-3/h4-12H,1-3H3/t12-/m1/s1. The van der Waals surface area contributed by atoms with Gasteiger partial charge >= 0.3 is 5.97 Å². The van der Waals surface area contributed by atoms with E-state index in [1.54, 1.807) is 62.6 Å². The Bertz CT molecular complexity index is 691. The molecule has 0 unspecified atom stereocenters. The van der Waals surface area contributed by atoms with E-state index in [1.807, 2.05) is 0 Å². The van der Waals surface area contributed by atoms with E-state index in [0.29, 0.717) is 17.1 Å². The molecule has 0 saturated heterocycles. The Kier molecular flexibility index (Phi) is 5.36. The molecule has 1 atom stereocenters. The van der Waals surface area contributed by atoms with Crippen molar-refractivity contribution in [2.24, 2.45) is 0 Å². The third-order valence-electron chi connectivity index (χ3n) is 3.35. The van der Waals surface area contributed by atoms with E-state index in [2.05, 4.69) is 0 Å². The van der Waals surface area contributed by atoms with Gasteiger partial charge in [-0.1, -0.05) is 12.1 Å². The number of ether oxygens (including phenoxy) is 3. The van der Waals surface area contributed by atoms with Gasteiger partial charge in [0.1, 0.15) is 17.1 Å². The lowest BCUT2D eigenvalue weighted by Gasteiger charge is -2.14. The molecular formula is C18H18O5. The van der Waals surface area contributed by atoms with E-state index in [9.17, 15) is 9.59 Å². The summed E-state index contributed by atoms with van der Waals surface area (Å²) in [5.41, 5.74) is 0.732. The van der Waals surface area contributed by atoms with Crippen LogP contribution in [0.25, 0.3) is 0 Å². The summed E-state index contributed by atoms with van der Waals surface area (Å²) in [6.45, 7) is 1.54. The smallest absolute Gasteiger partial charge is 0.342 e.